The summed E-state index contributed by atoms with van der Waals surface area (Å²) in [6.45, 7) is 2.35. The van der Waals surface area contributed by atoms with Crippen LogP contribution < -0.4 is 5.32 Å². The Labute approximate surface area is 217 Å². The van der Waals surface area contributed by atoms with Crippen LogP contribution in [-0.2, 0) is 32.3 Å². The third-order valence-electron chi connectivity index (χ3n) is 5.91. The Bertz CT molecular complexity index is 843. The summed E-state index contributed by atoms with van der Waals surface area (Å²) in [5.41, 5.74) is 2.17. The maximum Gasteiger partial charge on any atom is 0.308 e. The summed E-state index contributed by atoms with van der Waals surface area (Å²) >= 11 is 0. The Balaban J connectivity index is 1.49. The Morgan fingerprint density at radius 2 is 1.33 bits per heavy atom. The van der Waals surface area contributed by atoms with Gasteiger partial charge in [0.05, 0.1) is 19.1 Å². The molecule has 0 aliphatic heterocycles. The first-order valence-electron chi connectivity index (χ1n) is 13.3. The van der Waals surface area contributed by atoms with E-state index in [1.807, 2.05) is 67.5 Å². The molecule has 0 saturated carbocycles. The van der Waals surface area contributed by atoms with E-state index in [-0.39, 0.29) is 30.9 Å². The molecule has 2 aromatic carbocycles. The number of esters is 1. The van der Waals surface area contributed by atoms with Crippen molar-refractivity contribution in [2.75, 3.05) is 27.2 Å². The van der Waals surface area contributed by atoms with Crippen molar-refractivity contribution in [1.82, 2.24) is 10.2 Å². The van der Waals surface area contributed by atoms with Crippen LogP contribution in [0.2, 0.25) is 0 Å². The standard InChI is InChI=1S/C30H44N2O4/c1-32(2)23-28(22-30(34)36-25-27-18-12-9-13-19-27)31-29(33)20-14-6-4-3-5-7-15-21-35-24-26-16-10-8-11-17-26/h8-13,16-19,28H,3-7,14-15,20-25H2,1-2H3,(H,31,33). The molecule has 0 fully saturated rings. The number of amides is 1. The molecule has 0 saturated heterocycles. The second-order valence-electron chi connectivity index (χ2n) is 9.64. The van der Waals surface area contributed by atoms with E-state index in [1.165, 1.54) is 24.8 Å². The molecule has 6 heteroatoms. The SMILES string of the molecule is CN(C)CC(CC(=O)OCc1ccccc1)NC(=O)CCCCCCCCCOCc1ccccc1. The van der Waals surface area contributed by atoms with Gasteiger partial charge in [0.2, 0.25) is 5.91 Å². The number of rotatable bonds is 19. The third-order valence-corrected chi connectivity index (χ3v) is 5.91. The van der Waals surface area contributed by atoms with E-state index in [1.54, 1.807) is 0 Å². The maximum absolute atomic E-state index is 12.4. The van der Waals surface area contributed by atoms with Gasteiger partial charge >= 0.3 is 5.97 Å². The van der Waals surface area contributed by atoms with E-state index < -0.39 is 0 Å². The fourth-order valence-electron chi connectivity index (χ4n) is 4.04. The van der Waals surface area contributed by atoms with Gasteiger partial charge in [-0.05, 0) is 38.1 Å². The van der Waals surface area contributed by atoms with Crippen LogP contribution >= 0.6 is 0 Å². The number of ether oxygens (including phenoxy) is 2. The third kappa shape index (κ3) is 14.6. The molecule has 198 valence electrons. The zero-order valence-electron chi connectivity index (χ0n) is 22.1. The number of unbranched alkanes of at least 4 members (excludes halogenated alkanes) is 6. The van der Waals surface area contributed by atoms with Gasteiger partial charge in [-0.3, -0.25) is 9.59 Å². The molecule has 2 aromatic rings. The summed E-state index contributed by atoms with van der Waals surface area (Å²) in [5, 5.41) is 3.02. The molecular weight excluding hydrogens is 452 g/mol. The van der Waals surface area contributed by atoms with Crippen LogP contribution in [0, 0.1) is 0 Å². The number of carbonyl (C=O) groups is 2. The Morgan fingerprint density at radius 1 is 0.778 bits per heavy atom. The molecule has 0 aliphatic rings. The Morgan fingerprint density at radius 3 is 1.94 bits per heavy atom. The molecule has 6 nitrogen and oxygen atoms in total. The predicted octanol–water partition coefficient (Wildman–Crippen LogP) is 5.50. The summed E-state index contributed by atoms with van der Waals surface area (Å²) in [4.78, 5) is 26.7. The lowest BCUT2D eigenvalue weighted by atomic mass is 10.1. The normalized spacial score (nSPS) is 11.9. The van der Waals surface area contributed by atoms with Crippen LogP contribution in [0.25, 0.3) is 0 Å². The van der Waals surface area contributed by atoms with Crippen molar-refractivity contribution in [3.63, 3.8) is 0 Å². The van der Waals surface area contributed by atoms with E-state index in [0.29, 0.717) is 19.6 Å². The van der Waals surface area contributed by atoms with Crippen molar-refractivity contribution >= 4 is 11.9 Å². The van der Waals surface area contributed by atoms with Crippen LogP contribution in [0.4, 0.5) is 0 Å². The van der Waals surface area contributed by atoms with E-state index in [9.17, 15) is 9.59 Å². The second-order valence-corrected chi connectivity index (χ2v) is 9.64. The molecule has 1 N–H and O–H groups in total. The summed E-state index contributed by atoms with van der Waals surface area (Å²) < 4.78 is 11.1. The van der Waals surface area contributed by atoms with Crippen molar-refractivity contribution in [3.05, 3.63) is 71.8 Å². The number of nitrogens with one attached hydrogen (secondary N) is 1. The van der Waals surface area contributed by atoms with Crippen LogP contribution in [0.15, 0.2) is 60.7 Å². The van der Waals surface area contributed by atoms with E-state index in [2.05, 4.69) is 17.4 Å². The molecule has 0 aliphatic carbocycles. The van der Waals surface area contributed by atoms with Gasteiger partial charge in [0.1, 0.15) is 6.61 Å². The van der Waals surface area contributed by atoms with Gasteiger partial charge in [-0.25, -0.2) is 0 Å². The summed E-state index contributed by atoms with van der Waals surface area (Å²) in [5.74, 6) is -0.287. The fourth-order valence-corrected chi connectivity index (χ4v) is 4.04. The first-order valence-corrected chi connectivity index (χ1v) is 13.3. The van der Waals surface area contributed by atoms with Crippen LogP contribution in [0.5, 0.6) is 0 Å². The van der Waals surface area contributed by atoms with Gasteiger partial charge in [0.15, 0.2) is 0 Å². The highest BCUT2D eigenvalue weighted by Crippen LogP contribution is 2.10. The van der Waals surface area contributed by atoms with Crippen LogP contribution in [0.1, 0.15) is 68.9 Å². The minimum atomic E-state index is -0.295. The van der Waals surface area contributed by atoms with E-state index >= 15 is 0 Å². The lowest BCUT2D eigenvalue weighted by Gasteiger charge is -2.22. The number of nitrogens with zero attached hydrogens (tertiary/aromatic N) is 1. The smallest absolute Gasteiger partial charge is 0.308 e. The molecule has 2 rings (SSSR count). The first kappa shape index (κ1) is 29.5. The van der Waals surface area contributed by atoms with Crippen molar-refractivity contribution in [3.8, 4) is 0 Å². The average molecular weight is 497 g/mol. The number of benzene rings is 2. The van der Waals surface area contributed by atoms with Gasteiger partial charge < -0.3 is 19.7 Å². The van der Waals surface area contributed by atoms with Gasteiger partial charge in [0.25, 0.3) is 0 Å². The van der Waals surface area contributed by atoms with Gasteiger partial charge in [-0.2, -0.15) is 0 Å². The minimum Gasteiger partial charge on any atom is -0.461 e. The molecule has 36 heavy (non-hydrogen) atoms. The lowest BCUT2D eigenvalue weighted by Crippen LogP contribution is -2.43. The van der Waals surface area contributed by atoms with E-state index in [0.717, 1.165) is 37.9 Å². The Hall–Kier alpha value is -2.70. The van der Waals surface area contributed by atoms with Gasteiger partial charge in [0, 0.05) is 19.6 Å². The molecule has 1 unspecified atom stereocenters. The zero-order valence-corrected chi connectivity index (χ0v) is 22.1. The zero-order chi connectivity index (χ0) is 25.8. The molecule has 1 amide bonds. The first-order chi connectivity index (χ1) is 17.5. The summed E-state index contributed by atoms with van der Waals surface area (Å²) in [6.07, 6.45) is 8.41. The average Bonchev–Trinajstić information content (AvgIpc) is 2.87. The summed E-state index contributed by atoms with van der Waals surface area (Å²) in [6, 6.07) is 19.6. The highest BCUT2D eigenvalue weighted by Gasteiger charge is 2.18. The number of hydrogen-bond acceptors (Lipinski definition) is 5. The molecule has 0 radical (unpaired) electrons. The highest BCUT2D eigenvalue weighted by molar-refractivity contribution is 5.77. The molecule has 0 spiro atoms. The molecular formula is C30H44N2O4. The summed E-state index contributed by atoms with van der Waals surface area (Å²) in [7, 11) is 3.87. The van der Waals surface area contributed by atoms with Crippen LogP contribution in [0.3, 0.4) is 0 Å². The van der Waals surface area contributed by atoms with Crippen molar-refractivity contribution in [1.29, 1.82) is 0 Å². The van der Waals surface area contributed by atoms with Crippen molar-refractivity contribution in [2.45, 2.75) is 77.0 Å². The number of likely N-dealkylation sites (N-methyl/N-ethyl adjacent to an activating group) is 1. The van der Waals surface area contributed by atoms with E-state index in [4.69, 9.17) is 9.47 Å². The fraction of sp³-hybridized carbons (Fsp3) is 0.533. The monoisotopic (exact) mass is 496 g/mol. The molecule has 0 heterocycles. The lowest BCUT2D eigenvalue weighted by molar-refractivity contribution is -0.145. The van der Waals surface area contributed by atoms with Crippen LogP contribution in [-0.4, -0.2) is 50.1 Å². The molecule has 0 bridgehead atoms. The highest BCUT2D eigenvalue weighted by atomic mass is 16.5. The van der Waals surface area contributed by atoms with Gasteiger partial charge in [-0.15, -0.1) is 0 Å². The topological polar surface area (TPSA) is 67.9 Å². The Kier molecular flexibility index (Phi) is 15.2. The minimum absolute atomic E-state index is 0.00766. The number of carbonyl (C=O) groups excluding carboxylic acids is 2. The second kappa shape index (κ2) is 18.6. The maximum atomic E-state index is 12.4. The predicted molar refractivity (Wildman–Crippen MR) is 144 cm³/mol. The van der Waals surface area contributed by atoms with Crippen molar-refractivity contribution in [2.24, 2.45) is 0 Å². The largest absolute Gasteiger partial charge is 0.461 e. The quantitative estimate of drug-likeness (QED) is 0.205. The molecule has 0 aromatic heterocycles. The number of hydrogen-bond donors (Lipinski definition) is 1. The van der Waals surface area contributed by atoms with Gasteiger partial charge in [-0.1, -0.05) is 92.8 Å². The molecule has 1 atom stereocenters. The van der Waals surface area contributed by atoms with Crippen molar-refractivity contribution < 1.29 is 19.1 Å².